The lowest BCUT2D eigenvalue weighted by Crippen LogP contribution is -2.55. The first kappa shape index (κ1) is 29.0. The minimum Gasteiger partial charge on any atom is -0.502 e. The molecule has 216 valence electrons. The van der Waals surface area contributed by atoms with Crippen LogP contribution in [0.15, 0.2) is 24.3 Å². The Bertz CT molecular complexity index is 1090. The number of hydrogen-bond acceptors (Lipinski definition) is 13. The van der Waals surface area contributed by atoms with Gasteiger partial charge in [-0.05, 0) is 35.4 Å². The third-order valence-electron chi connectivity index (χ3n) is 7.02. The summed E-state index contributed by atoms with van der Waals surface area (Å²) < 4.78 is 39.2. The summed E-state index contributed by atoms with van der Waals surface area (Å²) in [5, 5.41) is 61.9. The molecule has 2 fully saturated rings. The Kier molecular flexibility index (Phi) is 8.91. The molecule has 13 heteroatoms. The second kappa shape index (κ2) is 12.0. The van der Waals surface area contributed by atoms with Gasteiger partial charge in [0.15, 0.2) is 29.3 Å². The quantitative estimate of drug-likeness (QED) is 0.250. The van der Waals surface area contributed by atoms with E-state index in [1.54, 1.807) is 0 Å². The minimum atomic E-state index is -1.59. The Morgan fingerprint density at radius 3 is 1.64 bits per heavy atom. The summed E-state index contributed by atoms with van der Waals surface area (Å²) in [6.07, 6.45) is -8.57. The van der Waals surface area contributed by atoms with Crippen LogP contribution >= 0.6 is 0 Å². The Morgan fingerprint density at radius 1 is 0.744 bits per heavy atom. The Hall–Kier alpha value is -3.04. The lowest BCUT2D eigenvalue weighted by atomic mass is 9.89. The van der Waals surface area contributed by atoms with Crippen LogP contribution < -0.4 is 18.9 Å². The Labute approximate surface area is 224 Å². The molecule has 4 unspecified atom stereocenters. The maximum Gasteiger partial charge on any atom is 0.200 e. The lowest BCUT2D eigenvalue weighted by molar-refractivity contribution is -0.289. The van der Waals surface area contributed by atoms with Gasteiger partial charge in [0.1, 0.15) is 24.4 Å². The van der Waals surface area contributed by atoms with Crippen LogP contribution in [0.5, 0.6) is 34.5 Å². The van der Waals surface area contributed by atoms with E-state index in [9.17, 15) is 30.6 Å². The second-order valence-electron chi connectivity index (χ2n) is 9.22. The molecule has 0 amide bonds. The van der Waals surface area contributed by atoms with Crippen molar-refractivity contribution in [2.24, 2.45) is 5.92 Å². The fraction of sp³-hybridized carbons (Fsp3) is 0.538. The fourth-order valence-electron chi connectivity index (χ4n) is 4.91. The maximum atomic E-state index is 10.5. The molecule has 0 spiro atoms. The van der Waals surface area contributed by atoms with Crippen LogP contribution in [0, 0.1) is 5.92 Å². The SMILES string of the molecule is COc1cc(C2OC(c3cc(OC)c(O)c(OC)c3)C(O[C@@H]3OC[C@@H](O)[C@H](O)[C@H]3O)C2CO)cc(OC)c1O. The van der Waals surface area contributed by atoms with Gasteiger partial charge in [0.05, 0.1) is 53.9 Å². The van der Waals surface area contributed by atoms with E-state index in [2.05, 4.69) is 0 Å². The molecule has 0 aliphatic carbocycles. The number of aliphatic hydroxyl groups excluding tert-OH is 4. The Balaban J connectivity index is 1.80. The molecular formula is C26H34O13. The smallest absolute Gasteiger partial charge is 0.200 e. The number of aromatic hydroxyl groups is 2. The van der Waals surface area contributed by atoms with E-state index < -0.39 is 55.4 Å². The van der Waals surface area contributed by atoms with Crippen molar-refractivity contribution in [3.8, 4) is 34.5 Å². The molecule has 0 radical (unpaired) electrons. The second-order valence-corrected chi connectivity index (χ2v) is 9.22. The molecule has 0 bridgehead atoms. The number of benzene rings is 2. The van der Waals surface area contributed by atoms with Crippen molar-refractivity contribution in [3.63, 3.8) is 0 Å². The first-order valence-electron chi connectivity index (χ1n) is 12.2. The summed E-state index contributed by atoms with van der Waals surface area (Å²) in [5.74, 6) is -0.813. The van der Waals surface area contributed by atoms with Gasteiger partial charge >= 0.3 is 0 Å². The number of aliphatic hydroxyl groups is 4. The summed E-state index contributed by atoms with van der Waals surface area (Å²) in [7, 11) is 5.50. The molecular weight excluding hydrogens is 520 g/mol. The van der Waals surface area contributed by atoms with Gasteiger partial charge in [-0.3, -0.25) is 0 Å². The highest BCUT2D eigenvalue weighted by molar-refractivity contribution is 5.55. The van der Waals surface area contributed by atoms with Crippen molar-refractivity contribution < 1.29 is 63.8 Å². The molecule has 2 saturated heterocycles. The summed E-state index contributed by atoms with van der Waals surface area (Å²) in [4.78, 5) is 0. The lowest BCUT2D eigenvalue weighted by Gasteiger charge is -2.37. The van der Waals surface area contributed by atoms with E-state index in [4.69, 9.17) is 33.2 Å². The number of methoxy groups -OCH3 is 4. The van der Waals surface area contributed by atoms with Crippen LogP contribution in [0.25, 0.3) is 0 Å². The normalized spacial score (nSPS) is 30.7. The monoisotopic (exact) mass is 554 g/mol. The van der Waals surface area contributed by atoms with E-state index in [0.29, 0.717) is 11.1 Å². The van der Waals surface area contributed by atoms with Crippen molar-refractivity contribution in [2.75, 3.05) is 41.7 Å². The van der Waals surface area contributed by atoms with Crippen LogP contribution in [0.4, 0.5) is 0 Å². The standard InChI is InChI=1S/C26H34O13/c1-33-15-5-11(6-16(34-2)20(15)30)23-13(9-27)25(39-26-22(32)19(29)14(28)10-37-26)24(38-23)12-7-17(35-3)21(31)18(8-12)36-4/h5-8,13-14,19,22-32H,9-10H2,1-4H3/t13?,14-,19+,22-,23?,24?,25?,26+/m1/s1. The predicted molar refractivity (Wildman–Crippen MR) is 132 cm³/mol. The van der Waals surface area contributed by atoms with Crippen LogP contribution in [-0.2, 0) is 14.2 Å². The molecule has 0 aromatic heterocycles. The maximum absolute atomic E-state index is 10.5. The molecule has 2 heterocycles. The van der Waals surface area contributed by atoms with Gasteiger partial charge in [-0.25, -0.2) is 0 Å². The van der Waals surface area contributed by atoms with E-state index in [0.717, 1.165) is 0 Å². The van der Waals surface area contributed by atoms with Gasteiger partial charge < -0.3 is 63.8 Å². The summed E-state index contributed by atoms with van der Waals surface area (Å²) in [5.41, 5.74) is 0.922. The highest BCUT2D eigenvalue weighted by Crippen LogP contribution is 2.52. The zero-order chi connectivity index (χ0) is 28.4. The minimum absolute atomic E-state index is 0.0937. The first-order chi connectivity index (χ1) is 18.7. The third kappa shape index (κ3) is 5.39. The molecule has 2 aliphatic heterocycles. The zero-order valence-corrected chi connectivity index (χ0v) is 21.9. The number of ether oxygens (including phenoxy) is 7. The zero-order valence-electron chi connectivity index (χ0n) is 21.9. The highest BCUT2D eigenvalue weighted by atomic mass is 16.7. The molecule has 4 rings (SSSR count). The van der Waals surface area contributed by atoms with Crippen molar-refractivity contribution in [2.45, 2.75) is 42.9 Å². The Morgan fingerprint density at radius 2 is 1.21 bits per heavy atom. The molecule has 39 heavy (non-hydrogen) atoms. The molecule has 2 aromatic rings. The summed E-state index contributed by atoms with van der Waals surface area (Å²) in [6.45, 7) is -0.737. The number of phenolic OH excluding ortho intramolecular Hbond substituents is 2. The van der Waals surface area contributed by atoms with Crippen molar-refractivity contribution in [3.05, 3.63) is 35.4 Å². The van der Waals surface area contributed by atoms with Crippen LogP contribution in [-0.4, -0.2) is 103 Å². The van der Waals surface area contributed by atoms with Gasteiger partial charge in [-0.1, -0.05) is 0 Å². The summed E-state index contributed by atoms with van der Waals surface area (Å²) >= 11 is 0. The van der Waals surface area contributed by atoms with Crippen LogP contribution in [0.1, 0.15) is 23.3 Å². The molecule has 8 atom stereocenters. The van der Waals surface area contributed by atoms with Crippen LogP contribution in [0.2, 0.25) is 0 Å². The summed E-state index contributed by atoms with van der Waals surface area (Å²) in [6, 6.07) is 6.11. The number of rotatable bonds is 9. The van der Waals surface area contributed by atoms with E-state index in [-0.39, 0.29) is 41.1 Å². The van der Waals surface area contributed by atoms with Crippen molar-refractivity contribution in [1.29, 1.82) is 0 Å². The van der Waals surface area contributed by atoms with Gasteiger partial charge in [-0.15, -0.1) is 0 Å². The molecule has 2 aromatic carbocycles. The van der Waals surface area contributed by atoms with Gasteiger partial charge in [0.25, 0.3) is 0 Å². The van der Waals surface area contributed by atoms with Crippen LogP contribution in [0.3, 0.4) is 0 Å². The van der Waals surface area contributed by atoms with Crippen molar-refractivity contribution >= 4 is 0 Å². The number of phenols is 2. The largest absolute Gasteiger partial charge is 0.502 e. The van der Waals surface area contributed by atoms with E-state index in [1.165, 1.54) is 52.7 Å². The average Bonchev–Trinajstić information content (AvgIpc) is 3.31. The van der Waals surface area contributed by atoms with Gasteiger partial charge in [0.2, 0.25) is 11.5 Å². The predicted octanol–water partition coefficient (Wildman–Crippen LogP) is 0.378. The molecule has 6 N–H and O–H groups in total. The van der Waals surface area contributed by atoms with Crippen molar-refractivity contribution in [1.82, 2.24) is 0 Å². The van der Waals surface area contributed by atoms with Gasteiger partial charge in [-0.2, -0.15) is 0 Å². The third-order valence-corrected chi connectivity index (χ3v) is 7.02. The number of hydrogen-bond donors (Lipinski definition) is 6. The molecule has 0 saturated carbocycles. The average molecular weight is 555 g/mol. The van der Waals surface area contributed by atoms with Gasteiger partial charge in [0, 0.05) is 5.92 Å². The topological polar surface area (TPSA) is 186 Å². The van der Waals surface area contributed by atoms with E-state index in [1.807, 2.05) is 0 Å². The first-order valence-corrected chi connectivity index (χ1v) is 12.2. The molecule has 13 nitrogen and oxygen atoms in total. The van der Waals surface area contributed by atoms with E-state index >= 15 is 0 Å². The fourth-order valence-corrected chi connectivity index (χ4v) is 4.91. The molecule has 2 aliphatic rings. The highest BCUT2D eigenvalue weighted by Gasteiger charge is 2.50.